The molecule has 4 heteroatoms. The lowest BCUT2D eigenvalue weighted by Gasteiger charge is -2.32. The standard InChI is InChI=1S/C16H31NO3/c1-11(2)6-7-16(5,19)10-17-15(18)14-8-12(3)20-13(4)9-14/h11-14,19H,6-10H2,1-5H3,(H,17,18). The summed E-state index contributed by atoms with van der Waals surface area (Å²) in [4.78, 5) is 12.2. The molecule has 1 aliphatic heterocycles. The SMILES string of the molecule is CC(C)CCC(C)(O)CNC(=O)C1CC(C)OC(C)C1. The van der Waals surface area contributed by atoms with E-state index >= 15 is 0 Å². The third-order valence-corrected chi connectivity index (χ3v) is 3.97. The average Bonchev–Trinajstić information content (AvgIpc) is 2.32. The van der Waals surface area contributed by atoms with Gasteiger partial charge in [-0.25, -0.2) is 0 Å². The van der Waals surface area contributed by atoms with Crippen LogP contribution < -0.4 is 5.32 Å². The maximum Gasteiger partial charge on any atom is 0.223 e. The van der Waals surface area contributed by atoms with Crippen LogP contribution in [0.3, 0.4) is 0 Å². The normalized spacial score (nSPS) is 30.1. The third kappa shape index (κ3) is 6.23. The van der Waals surface area contributed by atoms with Crippen molar-refractivity contribution in [3.63, 3.8) is 0 Å². The predicted octanol–water partition coefficient (Wildman–Crippen LogP) is 2.49. The molecule has 0 saturated carbocycles. The predicted molar refractivity (Wildman–Crippen MR) is 80.4 cm³/mol. The molecule has 0 aromatic heterocycles. The zero-order chi connectivity index (χ0) is 15.3. The van der Waals surface area contributed by atoms with E-state index in [0.29, 0.717) is 18.9 Å². The molecule has 3 atom stereocenters. The van der Waals surface area contributed by atoms with Crippen molar-refractivity contribution < 1.29 is 14.6 Å². The first-order valence-corrected chi connectivity index (χ1v) is 7.85. The zero-order valence-corrected chi connectivity index (χ0v) is 13.6. The summed E-state index contributed by atoms with van der Waals surface area (Å²) in [7, 11) is 0. The molecule has 0 spiro atoms. The van der Waals surface area contributed by atoms with Crippen molar-refractivity contribution in [1.29, 1.82) is 0 Å². The molecular weight excluding hydrogens is 254 g/mol. The molecule has 0 aromatic carbocycles. The fourth-order valence-corrected chi connectivity index (χ4v) is 2.73. The van der Waals surface area contributed by atoms with E-state index in [1.165, 1.54) is 0 Å². The third-order valence-electron chi connectivity index (χ3n) is 3.97. The van der Waals surface area contributed by atoms with Gasteiger partial charge in [-0.15, -0.1) is 0 Å². The van der Waals surface area contributed by atoms with Crippen LogP contribution in [0.2, 0.25) is 0 Å². The van der Waals surface area contributed by atoms with E-state index in [2.05, 4.69) is 19.2 Å². The van der Waals surface area contributed by atoms with E-state index in [9.17, 15) is 9.90 Å². The zero-order valence-electron chi connectivity index (χ0n) is 13.6. The van der Waals surface area contributed by atoms with Crippen LogP contribution in [-0.2, 0) is 9.53 Å². The largest absolute Gasteiger partial charge is 0.388 e. The van der Waals surface area contributed by atoms with Gasteiger partial charge in [0.2, 0.25) is 5.91 Å². The Morgan fingerprint density at radius 2 is 1.90 bits per heavy atom. The number of hydrogen-bond donors (Lipinski definition) is 2. The number of ether oxygens (including phenoxy) is 1. The van der Waals surface area contributed by atoms with E-state index in [1.54, 1.807) is 6.92 Å². The molecule has 1 aliphatic rings. The minimum Gasteiger partial charge on any atom is -0.388 e. The molecule has 1 heterocycles. The summed E-state index contributed by atoms with van der Waals surface area (Å²) in [5.41, 5.74) is -0.817. The van der Waals surface area contributed by atoms with Crippen LogP contribution >= 0.6 is 0 Å². The second-order valence-electron chi connectivity index (χ2n) is 7.07. The fourth-order valence-electron chi connectivity index (χ4n) is 2.73. The van der Waals surface area contributed by atoms with Gasteiger partial charge in [0.15, 0.2) is 0 Å². The van der Waals surface area contributed by atoms with Gasteiger partial charge in [0.25, 0.3) is 0 Å². The summed E-state index contributed by atoms with van der Waals surface area (Å²) in [6.45, 7) is 10.4. The molecule has 4 nitrogen and oxygen atoms in total. The minimum atomic E-state index is -0.817. The number of nitrogens with one attached hydrogen (secondary N) is 1. The molecule has 20 heavy (non-hydrogen) atoms. The Morgan fingerprint density at radius 3 is 2.40 bits per heavy atom. The molecule has 118 valence electrons. The van der Waals surface area contributed by atoms with Crippen LogP contribution in [0.15, 0.2) is 0 Å². The van der Waals surface area contributed by atoms with Crippen molar-refractivity contribution in [1.82, 2.24) is 5.32 Å². The van der Waals surface area contributed by atoms with Crippen LogP contribution in [0.25, 0.3) is 0 Å². The summed E-state index contributed by atoms with van der Waals surface area (Å²) in [5, 5.41) is 13.2. The summed E-state index contributed by atoms with van der Waals surface area (Å²) in [6.07, 6.45) is 3.49. The summed E-state index contributed by atoms with van der Waals surface area (Å²) < 4.78 is 5.65. The van der Waals surface area contributed by atoms with Crippen molar-refractivity contribution >= 4 is 5.91 Å². The molecule has 1 amide bonds. The van der Waals surface area contributed by atoms with E-state index in [4.69, 9.17) is 4.74 Å². The van der Waals surface area contributed by atoms with Crippen LogP contribution in [0, 0.1) is 11.8 Å². The molecule has 3 unspecified atom stereocenters. The molecule has 1 fully saturated rings. The minimum absolute atomic E-state index is 0.00893. The Labute approximate surface area is 123 Å². The van der Waals surface area contributed by atoms with Gasteiger partial charge in [-0.3, -0.25) is 4.79 Å². The van der Waals surface area contributed by atoms with Gasteiger partial charge in [-0.05, 0) is 52.4 Å². The van der Waals surface area contributed by atoms with Gasteiger partial charge in [0.1, 0.15) is 0 Å². The number of carbonyl (C=O) groups excluding carboxylic acids is 1. The Balaban J connectivity index is 2.38. The number of aliphatic hydroxyl groups is 1. The van der Waals surface area contributed by atoms with Crippen molar-refractivity contribution in [3.8, 4) is 0 Å². The second-order valence-corrected chi connectivity index (χ2v) is 7.07. The van der Waals surface area contributed by atoms with Crippen LogP contribution in [0.4, 0.5) is 0 Å². The molecule has 1 saturated heterocycles. The molecule has 0 radical (unpaired) electrons. The first-order valence-electron chi connectivity index (χ1n) is 7.85. The highest BCUT2D eigenvalue weighted by Crippen LogP contribution is 2.25. The topological polar surface area (TPSA) is 58.6 Å². The molecule has 0 aromatic rings. The van der Waals surface area contributed by atoms with Gasteiger partial charge >= 0.3 is 0 Å². The number of amides is 1. The number of rotatable bonds is 6. The summed E-state index contributed by atoms with van der Waals surface area (Å²) >= 11 is 0. The van der Waals surface area contributed by atoms with Gasteiger partial charge in [0.05, 0.1) is 17.8 Å². The van der Waals surface area contributed by atoms with E-state index in [0.717, 1.165) is 19.3 Å². The molecule has 2 N–H and O–H groups in total. The van der Waals surface area contributed by atoms with Crippen molar-refractivity contribution in [2.24, 2.45) is 11.8 Å². The second kappa shape index (κ2) is 7.41. The number of carbonyl (C=O) groups is 1. The summed E-state index contributed by atoms with van der Waals surface area (Å²) in [5.74, 6) is 0.626. The lowest BCUT2D eigenvalue weighted by Crippen LogP contribution is -2.45. The Morgan fingerprint density at radius 1 is 1.35 bits per heavy atom. The van der Waals surface area contributed by atoms with Gasteiger partial charge in [-0.1, -0.05) is 13.8 Å². The molecular formula is C16H31NO3. The maximum atomic E-state index is 12.2. The van der Waals surface area contributed by atoms with Gasteiger partial charge in [-0.2, -0.15) is 0 Å². The highest BCUT2D eigenvalue weighted by molar-refractivity contribution is 5.78. The van der Waals surface area contributed by atoms with Crippen molar-refractivity contribution in [2.75, 3.05) is 6.54 Å². The van der Waals surface area contributed by atoms with Crippen molar-refractivity contribution in [2.45, 2.75) is 78.1 Å². The van der Waals surface area contributed by atoms with Gasteiger partial charge < -0.3 is 15.2 Å². The number of hydrogen-bond acceptors (Lipinski definition) is 3. The average molecular weight is 285 g/mol. The Hall–Kier alpha value is -0.610. The molecule has 0 bridgehead atoms. The lowest BCUT2D eigenvalue weighted by molar-refractivity contribution is -0.134. The van der Waals surface area contributed by atoms with Gasteiger partial charge in [0, 0.05) is 12.5 Å². The van der Waals surface area contributed by atoms with Crippen molar-refractivity contribution in [3.05, 3.63) is 0 Å². The first kappa shape index (κ1) is 17.4. The van der Waals surface area contributed by atoms with E-state index in [-0.39, 0.29) is 24.0 Å². The maximum absolute atomic E-state index is 12.2. The monoisotopic (exact) mass is 285 g/mol. The van der Waals surface area contributed by atoms with Crippen LogP contribution in [0.1, 0.15) is 60.3 Å². The van der Waals surface area contributed by atoms with E-state index in [1.807, 2.05) is 13.8 Å². The van der Waals surface area contributed by atoms with E-state index < -0.39 is 5.60 Å². The fraction of sp³-hybridized carbons (Fsp3) is 0.938. The van der Waals surface area contributed by atoms with Crippen LogP contribution in [-0.4, -0.2) is 35.4 Å². The smallest absolute Gasteiger partial charge is 0.223 e. The lowest BCUT2D eigenvalue weighted by atomic mass is 9.91. The summed E-state index contributed by atoms with van der Waals surface area (Å²) in [6, 6.07) is 0. The first-order chi connectivity index (χ1) is 9.19. The Kier molecular flexibility index (Phi) is 6.46. The Bertz CT molecular complexity index is 305. The molecule has 1 rings (SSSR count). The quantitative estimate of drug-likeness (QED) is 0.788. The highest BCUT2D eigenvalue weighted by atomic mass is 16.5. The molecule has 0 aliphatic carbocycles. The van der Waals surface area contributed by atoms with Crippen LogP contribution in [0.5, 0.6) is 0 Å². The highest BCUT2D eigenvalue weighted by Gasteiger charge is 2.30.